The average molecular weight is 201 g/mol. The Kier molecular flexibility index (Phi) is 4.35. The Hall–Kier alpha value is -0.610. The number of nitrogens with one attached hydrogen (secondary N) is 1. The van der Waals surface area contributed by atoms with Crippen LogP contribution in [-0.4, -0.2) is 38.4 Å². The number of carbonyl (C=O) groups is 1. The van der Waals surface area contributed by atoms with E-state index >= 15 is 0 Å². The van der Waals surface area contributed by atoms with Crippen molar-refractivity contribution in [3.8, 4) is 0 Å². The summed E-state index contributed by atoms with van der Waals surface area (Å²) in [5.41, 5.74) is -0.423. The van der Waals surface area contributed by atoms with Gasteiger partial charge in [0.05, 0.1) is 6.61 Å². The molecule has 0 aromatic heterocycles. The molecule has 0 spiro atoms. The topological polar surface area (TPSA) is 47.6 Å². The van der Waals surface area contributed by atoms with Crippen molar-refractivity contribution in [3.05, 3.63) is 0 Å². The monoisotopic (exact) mass is 201 g/mol. The lowest BCUT2D eigenvalue weighted by molar-refractivity contribution is -0.152. The predicted octanol–water partition coefficient (Wildman–Crippen LogP) is 0.708. The van der Waals surface area contributed by atoms with E-state index in [-0.39, 0.29) is 5.97 Å². The van der Waals surface area contributed by atoms with E-state index in [9.17, 15) is 4.79 Å². The van der Waals surface area contributed by atoms with Crippen LogP contribution in [0.4, 0.5) is 0 Å². The summed E-state index contributed by atoms with van der Waals surface area (Å²) in [6.07, 6.45) is 2.72. The van der Waals surface area contributed by atoms with Gasteiger partial charge in [0.25, 0.3) is 0 Å². The van der Waals surface area contributed by atoms with Gasteiger partial charge < -0.3 is 14.8 Å². The van der Waals surface area contributed by atoms with Gasteiger partial charge in [0.1, 0.15) is 12.1 Å². The molecule has 0 saturated carbocycles. The van der Waals surface area contributed by atoms with Crippen LogP contribution in [0.25, 0.3) is 0 Å². The standard InChI is InChI=1S/C10H19NO3/c1-3-10(5-4-6-11-10)9(12)14-8-7-13-2/h11H,3-8H2,1-2H3. The lowest BCUT2D eigenvalue weighted by atomic mass is 9.94. The minimum Gasteiger partial charge on any atom is -0.462 e. The Morgan fingerprint density at radius 1 is 1.50 bits per heavy atom. The third-order valence-corrected chi connectivity index (χ3v) is 2.76. The van der Waals surface area contributed by atoms with Gasteiger partial charge in [-0.3, -0.25) is 4.79 Å². The molecule has 1 N–H and O–H groups in total. The number of hydrogen-bond donors (Lipinski definition) is 1. The average Bonchev–Trinajstić information content (AvgIpc) is 2.67. The summed E-state index contributed by atoms with van der Waals surface area (Å²) in [6.45, 7) is 3.73. The third kappa shape index (κ3) is 2.45. The predicted molar refractivity (Wildman–Crippen MR) is 53.1 cm³/mol. The maximum Gasteiger partial charge on any atom is 0.326 e. The molecule has 1 aliphatic rings. The van der Waals surface area contributed by atoms with Crippen LogP contribution in [0.15, 0.2) is 0 Å². The smallest absolute Gasteiger partial charge is 0.326 e. The van der Waals surface area contributed by atoms with Crippen LogP contribution in [-0.2, 0) is 14.3 Å². The lowest BCUT2D eigenvalue weighted by Crippen LogP contribution is -2.48. The van der Waals surface area contributed by atoms with Crippen LogP contribution in [0.3, 0.4) is 0 Å². The van der Waals surface area contributed by atoms with E-state index < -0.39 is 5.54 Å². The van der Waals surface area contributed by atoms with Crippen molar-refractivity contribution in [1.82, 2.24) is 5.32 Å². The molecule has 1 rings (SSSR count). The van der Waals surface area contributed by atoms with Crippen LogP contribution in [0, 0.1) is 0 Å². The normalized spacial score (nSPS) is 26.4. The summed E-state index contributed by atoms with van der Waals surface area (Å²) < 4.78 is 9.96. The molecule has 0 aliphatic carbocycles. The molecule has 0 aromatic carbocycles. The Morgan fingerprint density at radius 3 is 2.79 bits per heavy atom. The number of rotatable bonds is 5. The number of hydrogen-bond acceptors (Lipinski definition) is 4. The van der Waals surface area contributed by atoms with Gasteiger partial charge >= 0.3 is 5.97 Å². The first-order valence-electron chi connectivity index (χ1n) is 5.16. The maximum atomic E-state index is 11.7. The van der Waals surface area contributed by atoms with E-state index in [1.54, 1.807) is 7.11 Å². The zero-order valence-electron chi connectivity index (χ0n) is 8.97. The van der Waals surface area contributed by atoms with Gasteiger partial charge in [0, 0.05) is 7.11 Å². The Bertz CT molecular complexity index is 188. The zero-order valence-corrected chi connectivity index (χ0v) is 8.97. The van der Waals surface area contributed by atoms with Gasteiger partial charge in [-0.15, -0.1) is 0 Å². The van der Waals surface area contributed by atoms with E-state index in [1.807, 2.05) is 6.92 Å². The van der Waals surface area contributed by atoms with Gasteiger partial charge in [-0.05, 0) is 25.8 Å². The highest BCUT2D eigenvalue weighted by Crippen LogP contribution is 2.24. The van der Waals surface area contributed by atoms with Crippen molar-refractivity contribution < 1.29 is 14.3 Å². The second kappa shape index (κ2) is 5.32. The Labute approximate surface area is 85.0 Å². The fourth-order valence-electron chi connectivity index (χ4n) is 1.78. The van der Waals surface area contributed by atoms with Gasteiger partial charge in [-0.1, -0.05) is 6.92 Å². The maximum absolute atomic E-state index is 11.7. The van der Waals surface area contributed by atoms with E-state index in [1.165, 1.54) is 0 Å². The Balaban J connectivity index is 2.40. The fraction of sp³-hybridized carbons (Fsp3) is 0.900. The molecule has 1 atom stereocenters. The molecule has 0 amide bonds. The molecule has 1 saturated heterocycles. The van der Waals surface area contributed by atoms with E-state index in [0.717, 1.165) is 25.8 Å². The summed E-state index contributed by atoms with van der Waals surface area (Å²) in [5, 5.41) is 3.23. The zero-order chi connectivity index (χ0) is 10.4. The molecule has 0 radical (unpaired) electrons. The highest BCUT2D eigenvalue weighted by molar-refractivity contribution is 5.81. The van der Waals surface area contributed by atoms with Gasteiger partial charge in [0.15, 0.2) is 0 Å². The number of methoxy groups -OCH3 is 1. The highest BCUT2D eigenvalue weighted by atomic mass is 16.6. The lowest BCUT2D eigenvalue weighted by Gasteiger charge is -2.25. The molecule has 1 aliphatic heterocycles. The highest BCUT2D eigenvalue weighted by Gasteiger charge is 2.40. The molecule has 1 unspecified atom stereocenters. The number of esters is 1. The first-order valence-corrected chi connectivity index (χ1v) is 5.16. The second-order valence-corrected chi connectivity index (χ2v) is 3.59. The van der Waals surface area contributed by atoms with Crippen LogP contribution >= 0.6 is 0 Å². The molecular formula is C10H19NO3. The van der Waals surface area contributed by atoms with Crippen LogP contribution in [0.1, 0.15) is 26.2 Å². The fourth-order valence-corrected chi connectivity index (χ4v) is 1.78. The van der Waals surface area contributed by atoms with E-state index in [4.69, 9.17) is 9.47 Å². The molecule has 0 bridgehead atoms. The quantitative estimate of drug-likeness (QED) is 0.525. The van der Waals surface area contributed by atoms with E-state index in [0.29, 0.717) is 13.2 Å². The number of ether oxygens (including phenoxy) is 2. The summed E-state index contributed by atoms with van der Waals surface area (Å²) in [6, 6.07) is 0. The molecule has 14 heavy (non-hydrogen) atoms. The molecule has 4 heteroatoms. The van der Waals surface area contributed by atoms with Crippen LogP contribution < -0.4 is 5.32 Å². The summed E-state index contributed by atoms with van der Waals surface area (Å²) in [7, 11) is 1.59. The molecule has 1 fully saturated rings. The van der Waals surface area contributed by atoms with Crippen molar-refractivity contribution >= 4 is 5.97 Å². The summed E-state index contributed by atoms with van der Waals surface area (Å²) in [5.74, 6) is -0.130. The van der Waals surface area contributed by atoms with E-state index in [2.05, 4.69) is 5.32 Å². The van der Waals surface area contributed by atoms with Crippen LogP contribution in [0.5, 0.6) is 0 Å². The largest absolute Gasteiger partial charge is 0.462 e. The minimum absolute atomic E-state index is 0.130. The van der Waals surface area contributed by atoms with Crippen LogP contribution in [0.2, 0.25) is 0 Å². The third-order valence-electron chi connectivity index (χ3n) is 2.76. The minimum atomic E-state index is -0.423. The van der Waals surface area contributed by atoms with Gasteiger partial charge in [-0.2, -0.15) is 0 Å². The van der Waals surface area contributed by atoms with Crippen molar-refractivity contribution in [3.63, 3.8) is 0 Å². The second-order valence-electron chi connectivity index (χ2n) is 3.59. The summed E-state index contributed by atoms with van der Waals surface area (Å²) >= 11 is 0. The summed E-state index contributed by atoms with van der Waals surface area (Å²) in [4.78, 5) is 11.7. The number of carbonyl (C=O) groups excluding carboxylic acids is 1. The first kappa shape index (κ1) is 11.5. The molecule has 82 valence electrons. The van der Waals surface area contributed by atoms with Gasteiger partial charge in [0.2, 0.25) is 0 Å². The van der Waals surface area contributed by atoms with Crippen molar-refractivity contribution in [2.24, 2.45) is 0 Å². The first-order chi connectivity index (χ1) is 6.75. The molecule has 1 heterocycles. The van der Waals surface area contributed by atoms with Crippen molar-refractivity contribution in [1.29, 1.82) is 0 Å². The van der Waals surface area contributed by atoms with Gasteiger partial charge in [-0.25, -0.2) is 0 Å². The Morgan fingerprint density at radius 2 is 2.29 bits per heavy atom. The molecule has 4 nitrogen and oxygen atoms in total. The molecular weight excluding hydrogens is 182 g/mol. The SMILES string of the molecule is CCC1(C(=O)OCCOC)CCCN1. The van der Waals surface area contributed by atoms with Crippen molar-refractivity contribution in [2.75, 3.05) is 26.9 Å². The molecule has 0 aromatic rings. The van der Waals surface area contributed by atoms with Crippen molar-refractivity contribution in [2.45, 2.75) is 31.7 Å².